The third-order valence-corrected chi connectivity index (χ3v) is 2.92. The highest BCUT2D eigenvalue weighted by Crippen LogP contribution is 2.27. The number of rotatable bonds is 2. The van der Waals surface area contributed by atoms with E-state index in [0.29, 0.717) is 10.5 Å². The van der Waals surface area contributed by atoms with Crippen molar-refractivity contribution in [1.29, 1.82) is 0 Å². The molecule has 0 fully saturated rings. The SMILES string of the molecule is ClCC=Cc1cc(Br)c(Br)o1. The quantitative estimate of drug-likeness (QED) is 0.751. The predicted octanol–water partition coefficient (Wildman–Crippen LogP) is 4.06. The molecule has 0 atom stereocenters. The highest BCUT2D eigenvalue weighted by molar-refractivity contribution is 9.13. The molecule has 0 saturated heterocycles. The van der Waals surface area contributed by atoms with Crippen LogP contribution in [0.4, 0.5) is 0 Å². The van der Waals surface area contributed by atoms with Gasteiger partial charge in [0.05, 0.1) is 4.47 Å². The van der Waals surface area contributed by atoms with Crippen LogP contribution in [0.15, 0.2) is 25.7 Å². The zero-order valence-electron chi connectivity index (χ0n) is 5.48. The minimum atomic E-state index is 0.496. The molecule has 1 aromatic rings. The van der Waals surface area contributed by atoms with Crippen molar-refractivity contribution in [3.63, 3.8) is 0 Å². The van der Waals surface area contributed by atoms with Crippen LogP contribution < -0.4 is 0 Å². The Morgan fingerprint density at radius 3 is 2.73 bits per heavy atom. The molecule has 0 saturated carbocycles. The smallest absolute Gasteiger partial charge is 0.184 e. The van der Waals surface area contributed by atoms with Gasteiger partial charge < -0.3 is 4.42 Å². The van der Waals surface area contributed by atoms with Crippen LogP contribution in [0.1, 0.15) is 5.76 Å². The number of allylic oxidation sites excluding steroid dienone is 1. The fourth-order valence-electron chi connectivity index (χ4n) is 0.606. The lowest BCUT2D eigenvalue weighted by atomic mass is 10.4. The average molecular weight is 300 g/mol. The summed E-state index contributed by atoms with van der Waals surface area (Å²) in [6.07, 6.45) is 3.64. The molecule has 1 heterocycles. The Labute approximate surface area is 86.7 Å². The van der Waals surface area contributed by atoms with Crippen LogP contribution in [0.2, 0.25) is 0 Å². The predicted molar refractivity (Wildman–Crippen MR) is 53.9 cm³/mol. The molecule has 0 aliphatic carbocycles. The summed E-state index contributed by atoms with van der Waals surface area (Å²) >= 11 is 12.0. The summed E-state index contributed by atoms with van der Waals surface area (Å²) < 4.78 is 6.85. The third kappa shape index (κ3) is 2.65. The minimum Gasteiger partial charge on any atom is -0.449 e. The van der Waals surface area contributed by atoms with E-state index in [2.05, 4.69) is 31.9 Å². The van der Waals surface area contributed by atoms with E-state index in [-0.39, 0.29) is 0 Å². The highest BCUT2D eigenvalue weighted by Gasteiger charge is 2.01. The van der Waals surface area contributed by atoms with E-state index in [1.54, 1.807) is 0 Å². The molecule has 0 aromatic carbocycles. The maximum Gasteiger partial charge on any atom is 0.184 e. The van der Waals surface area contributed by atoms with E-state index in [1.807, 2.05) is 18.2 Å². The van der Waals surface area contributed by atoms with Gasteiger partial charge in [-0.2, -0.15) is 0 Å². The second-order valence-corrected chi connectivity index (χ2v) is 3.71. The molecule has 60 valence electrons. The van der Waals surface area contributed by atoms with Crippen LogP contribution in [0.25, 0.3) is 6.08 Å². The molecule has 11 heavy (non-hydrogen) atoms. The Morgan fingerprint density at radius 1 is 1.55 bits per heavy atom. The third-order valence-electron chi connectivity index (χ3n) is 1.04. The van der Waals surface area contributed by atoms with Crippen molar-refractivity contribution >= 4 is 49.5 Å². The first-order chi connectivity index (χ1) is 5.24. The maximum atomic E-state index is 5.45. The van der Waals surface area contributed by atoms with Gasteiger partial charge in [-0.3, -0.25) is 0 Å². The Morgan fingerprint density at radius 2 is 2.27 bits per heavy atom. The van der Waals surface area contributed by atoms with Crippen LogP contribution in [0.5, 0.6) is 0 Å². The summed E-state index contributed by atoms with van der Waals surface area (Å²) in [6.45, 7) is 0. The van der Waals surface area contributed by atoms with Crippen molar-refractivity contribution in [1.82, 2.24) is 0 Å². The fraction of sp³-hybridized carbons (Fsp3) is 0.143. The van der Waals surface area contributed by atoms with Crippen LogP contribution in [-0.2, 0) is 0 Å². The maximum absolute atomic E-state index is 5.45. The van der Waals surface area contributed by atoms with Crippen molar-refractivity contribution in [2.24, 2.45) is 0 Å². The molecular formula is C7H5Br2ClO. The number of hydrogen-bond donors (Lipinski definition) is 0. The van der Waals surface area contributed by atoms with Crippen molar-refractivity contribution in [3.8, 4) is 0 Å². The summed E-state index contributed by atoms with van der Waals surface area (Å²) in [4.78, 5) is 0. The topological polar surface area (TPSA) is 13.1 Å². The summed E-state index contributed by atoms with van der Waals surface area (Å²) in [7, 11) is 0. The summed E-state index contributed by atoms with van der Waals surface area (Å²) in [6, 6.07) is 1.87. The van der Waals surface area contributed by atoms with E-state index in [9.17, 15) is 0 Å². The molecule has 0 N–H and O–H groups in total. The van der Waals surface area contributed by atoms with E-state index in [1.165, 1.54) is 0 Å². The Hall–Kier alpha value is 0.270. The molecule has 1 aromatic heterocycles. The van der Waals surface area contributed by atoms with Gasteiger partial charge >= 0.3 is 0 Å². The van der Waals surface area contributed by atoms with Crippen molar-refractivity contribution in [2.45, 2.75) is 0 Å². The standard InChI is InChI=1S/C7H5Br2ClO/c8-6-4-5(2-1-3-10)11-7(6)9/h1-2,4H,3H2. The van der Waals surface area contributed by atoms with Gasteiger partial charge in [0, 0.05) is 5.88 Å². The number of hydrogen-bond acceptors (Lipinski definition) is 1. The first-order valence-electron chi connectivity index (χ1n) is 2.91. The zero-order valence-corrected chi connectivity index (χ0v) is 9.41. The van der Waals surface area contributed by atoms with Gasteiger partial charge in [-0.25, -0.2) is 0 Å². The fourth-order valence-corrected chi connectivity index (χ4v) is 1.30. The zero-order chi connectivity index (χ0) is 8.27. The van der Waals surface area contributed by atoms with E-state index in [4.69, 9.17) is 16.0 Å². The second kappa shape index (κ2) is 4.33. The molecule has 0 bridgehead atoms. The monoisotopic (exact) mass is 298 g/mol. The van der Waals surface area contributed by atoms with Gasteiger partial charge in [0.15, 0.2) is 4.67 Å². The van der Waals surface area contributed by atoms with Gasteiger partial charge in [-0.05, 0) is 44.0 Å². The van der Waals surface area contributed by atoms with Crippen LogP contribution in [0.3, 0.4) is 0 Å². The lowest BCUT2D eigenvalue weighted by Crippen LogP contribution is -1.61. The second-order valence-electron chi connectivity index (χ2n) is 1.83. The Bertz CT molecular complexity index is 248. The highest BCUT2D eigenvalue weighted by atomic mass is 79.9. The van der Waals surface area contributed by atoms with Gasteiger partial charge in [-0.15, -0.1) is 11.6 Å². The molecule has 1 rings (SSSR count). The average Bonchev–Trinajstić information content (AvgIpc) is 2.28. The molecule has 0 unspecified atom stereocenters. The van der Waals surface area contributed by atoms with E-state index < -0.39 is 0 Å². The van der Waals surface area contributed by atoms with Gasteiger partial charge in [0.1, 0.15) is 5.76 Å². The first-order valence-corrected chi connectivity index (χ1v) is 5.03. The Balaban J connectivity index is 2.80. The normalized spacial score (nSPS) is 11.2. The molecule has 0 radical (unpaired) electrons. The summed E-state index contributed by atoms with van der Waals surface area (Å²) in [5.74, 6) is 1.28. The van der Waals surface area contributed by atoms with Gasteiger partial charge in [0.25, 0.3) is 0 Å². The molecular weight excluding hydrogens is 295 g/mol. The van der Waals surface area contributed by atoms with Crippen molar-refractivity contribution in [3.05, 3.63) is 27.0 Å². The summed E-state index contributed by atoms with van der Waals surface area (Å²) in [5.41, 5.74) is 0. The molecule has 0 aliphatic rings. The molecule has 1 nitrogen and oxygen atoms in total. The molecule has 0 aliphatic heterocycles. The lowest BCUT2D eigenvalue weighted by molar-refractivity contribution is 0.530. The molecule has 4 heteroatoms. The van der Waals surface area contributed by atoms with Crippen LogP contribution in [0, 0.1) is 0 Å². The van der Waals surface area contributed by atoms with Crippen molar-refractivity contribution in [2.75, 3.05) is 5.88 Å². The first kappa shape index (κ1) is 9.36. The molecule has 0 amide bonds. The van der Waals surface area contributed by atoms with Crippen LogP contribution in [-0.4, -0.2) is 5.88 Å². The van der Waals surface area contributed by atoms with E-state index in [0.717, 1.165) is 10.2 Å². The van der Waals surface area contributed by atoms with E-state index >= 15 is 0 Å². The molecule has 0 spiro atoms. The van der Waals surface area contributed by atoms with Crippen LogP contribution >= 0.6 is 43.5 Å². The number of alkyl halides is 1. The lowest BCUT2D eigenvalue weighted by Gasteiger charge is -1.80. The largest absolute Gasteiger partial charge is 0.449 e. The number of furan rings is 1. The Kier molecular flexibility index (Phi) is 3.69. The summed E-state index contributed by atoms with van der Waals surface area (Å²) in [5, 5.41) is 0. The number of halogens is 3. The minimum absolute atomic E-state index is 0.496. The van der Waals surface area contributed by atoms with Gasteiger partial charge in [-0.1, -0.05) is 6.08 Å². The van der Waals surface area contributed by atoms with Gasteiger partial charge in [0.2, 0.25) is 0 Å². The van der Waals surface area contributed by atoms with Crippen molar-refractivity contribution < 1.29 is 4.42 Å².